The number of nitrogens with zero attached hydrogens (tertiary/aromatic N) is 1. The predicted molar refractivity (Wildman–Crippen MR) is 85.3 cm³/mol. The van der Waals surface area contributed by atoms with Gasteiger partial charge in [-0.05, 0) is 49.3 Å². The maximum absolute atomic E-state index is 12.3. The number of likely N-dealkylation sites (tertiary alicyclic amines) is 1. The zero-order valence-electron chi connectivity index (χ0n) is 13.5. The molecule has 1 aliphatic heterocycles. The molecule has 0 bridgehead atoms. The van der Waals surface area contributed by atoms with Gasteiger partial charge in [0.05, 0.1) is 20.1 Å². The summed E-state index contributed by atoms with van der Waals surface area (Å²) in [5.41, 5.74) is 1.13. The Kier molecular flexibility index (Phi) is 4.55. The third kappa shape index (κ3) is 3.21. The number of hydrogen-bond donors (Lipinski definition) is 0. The highest BCUT2D eigenvalue weighted by molar-refractivity contribution is 5.76. The fourth-order valence-corrected chi connectivity index (χ4v) is 3.74. The van der Waals surface area contributed by atoms with Crippen LogP contribution in [0.25, 0.3) is 0 Å². The minimum atomic E-state index is 0.223. The van der Waals surface area contributed by atoms with Gasteiger partial charge >= 0.3 is 0 Å². The van der Waals surface area contributed by atoms with Crippen LogP contribution in [0.5, 0.6) is 11.5 Å². The molecule has 1 saturated carbocycles. The van der Waals surface area contributed by atoms with Crippen LogP contribution < -0.4 is 9.47 Å². The summed E-state index contributed by atoms with van der Waals surface area (Å²) in [5, 5.41) is 0. The molecular formula is C18H25NO3. The molecule has 0 spiro atoms. The standard InChI is InChI=1S/C18H25NO3/c1-13-6-7-16(17(10-13)21-2)22-9-8-18(20)19-11-14-4-3-5-15(14)12-19/h6-7,10,14-15H,3-5,8-9,11-12H2,1-2H3. The molecule has 2 atom stereocenters. The summed E-state index contributed by atoms with van der Waals surface area (Å²) < 4.78 is 11.0. The third-order valence-corrected chi connectivity index (χ3v) is 4.97. The second-order valence-electron chi connectivity index (χ2n) is 6.50. The van der Waals surface area contributed by atoms with E-state index in [-0.39, 0.29) is 5.91 Å². The van der Waals surface area contributed by atoms with Gasteiger partial charge in [0.15, 0.2) is 11.5 Å². The summed E-state index contributed by atoms with van der Waals surface area (Å²) in [4.78, 5) is 14.3. The number of benzene rings is 1. The number of fused-ring (bicyclic) bond motifs is 1. The maximum atomic E-state index is 12.3. The topological polar surface area (TPSA) is 38.8 Å². The molecular weight excluding hydrogens is 278 g/mol. The van der Waals surface area contributed by atoms with Crippen LogP contribution in [0.15, 0.2) is 18.2 Å². The van der Waals surface area contributed by atoms with E-state index in [1.807, 2.05) is 30.0 Å². The summed E-state index contributed by atoms with van der Waals surface area (Å²) >= 11 is 0. The minimum absolute atomic E-state index is 0.223. The second kappa shape index (κ2) is 6.59. The third-order valence-electron chi connectivity index (χ3n) is 4.97. The Bertz CT molecular complexity index is 531. The molecule has 1 heterocycles. The van der Waals surface area contributed by atoms with Crippen LogP contribution in [0.4, 0.5) is 0 Å². The number of hydrogen-bond acceptors (Lipinski definition) is 3. The first kappa shape index (κ1) is 15.2. The number of rotatable bonds is 5. The monoisotopic (exact) mass is 303 g/mol. The van der Waals surface area contributed by atoms with Crippen molar-refractivity contribution in [2.75, 3.05) is 26.8 Å². The van der Waals surface area contributed by atoms with Crippen LogP contribution in [0, 0.1) is 18.8 Å². The highest BCUT2D eigenvalue weighted by atomic mass is 16.5. The normalized spacial score (nSPS) is 23.5. The van der Waals surface area contributed by atoms with Crippen LogP contribution in [0.3, 0.4) is 0 Å². The summed E-state index contributed by atoms with van der Waals surface area (Å²) in [7, 11) is 1.63. The van der Waals surface area contributed by atoms with Crippen molar-refractivity contribution in [1.29, 1.82) is 0 Å². The van der Waals surface area contributed by atoms with Gasteiger partial charge in [0.1, 0.15) is 0 Å². The highest BCUT2D eigenvalue weighted by Crippen LogP contribution is 2.37. The SMILES string of the molecule is COc1cc(C)ccc1OCCC(=O)N1CC2CCCC2C1. The van der Waals surface area contributed by atoms with Crippen molar-refractivity contribution < 1.29 is 14.3 Å². The maximum Gasteiger partial charge on any atom is 0.226 e. The lowest BCUT2D eigenvalue weighted by atomic mass is 10.0. The van der Waals surface area contributed by atoms with Crippen LogP contribution in [0.1, 0.15) is 31.2 Å². The number of aryl methyl sites for hydroxylation is 1. The second-order valence-corrected chi connectivity index (χ2v) is 6.50. The molecule has 1 aromatic carbocycles. The first-order valence-corrected chi connectivity index (χ1v) is 8.22. The van der Waals surface area contributed by atoms with Crippen molar-refractivity contribution in [1.82, 2.24) is 4.90 Å². The van der Waals surface area contributed by atoms with Crippen LogP contribution in [-0.4, -0.2) is 37.6 Å². The fraction of sp³-hybridized carbons (Fsp3) is 0.611. The Balaban J connectivity index is 1.48. The van der Waals surface area contributed by atoms with Crippen LogP contribution in [-0.2, 0) is 4.79 Å². The Hall–Kier alpha value is -1.71. The fourth-order valence-electron chi connectivity index (χ4n) is 3.74. The summed E-state index contributed by atoms with van der Waals surface area (Å²) in [6.07, 6.45) is 4.38. The molecule has 0 N–H and O–H groups in total. The number of carbonyl (C=O) groups excluding carboxylic acids is 1. The van der Waals surface area contributed by atoms with Gasteiger partial charge in [-0.3, -0.25) is 4.79 Å². The van der Waals surface area contributed by atoms with E-state index >= 15 is 0 Å². The largest absolute Gasteiger partial charge is 0.493 e. The summed E-state index contributed by atoms with van der Waals surface area (Å²) in [6, 6.07) is 5.83. The van der Waals surface area contributed by atoms with Gasteiger partial charge in [0.2, 0.25) is 5.91 Å². The molecule has 3 rings (SSSR count). The Morgan fingerprint density at radius 3 is 2.64 bits per heavy atom. The molecule has 120 valence electrons. The van der Waals surface area contributed by atoms with Gasteiger partial charge in [-0.2, -0.15) is 0 Å². The van der Waals surface area contributed by atoms with E-state index in [0.29, 0.717) is 18.8 Å². The Labute approximate surface area is 132 Å². The van der Waals surface area contributed by atoms with Gasteiger partial charge in [0.25, 0.3) is 0 Å². The Morgan fingerprint density at radius 1 is 1.23 bits per heavy atom. The first-order valence-electron chi connectivity index (χ1n) is 8.22. The number of methoxy groups -OCH3 is 1. The summed E-state index contributed by atoms with van der Waals surface area (Å²) in [5.74, 6) is 3.16. The van der Waals surface area contributed by atoms with E-state index in [4.69, 9.17) is 9.47 Å². The molecule has 0 aromatic heterocycles. The van der Waals surface area contributed by atoms with E-state index in [1.165, 1.54) is 19.3 Å². The predicted octanol–water partition coefficient (Wildman–Crippen LogP) is 3.03. The summed E-state index contributed by atoms with van der Waals surface area (Å²) in [6.45, 7) is 4.33. The number of carbonyl (C=O) groups is 1. The zero-order chi connectivity index (χ0) is 15.5. The van der Waals surface area contributed by atoms with Gasteiger partial charge in [-0.15, -0.1) is 0 Å². The first-order chi connectivity index (χ1) is 10.7. The molecule has 1 aromatic rings. The van der Waals surface area contributed by atoms with Gasteiger partial charge in [0, 0.05) is 13.1 Å². The van der Waals surface area contributed by atoms with Crippen molar-refractivity contribution in [3.05, 3.63) is 23.8 Å². The average Bonchev–Trinajstić information content (AvgIpc) is 3.09. The van der Waals surface area contributed by atoms with Crippen molar-refractivity contribution in [3.63, 3.8) is 0 Å². The van der Waals surface area contributed by atoms with Crippen molar-refractivity contribution >= 4 is 5.91 Å². The van der Waals surface area contributed by atoms with Gasteiger partial charge in [-0.25, -0.2) is 0 Å². The van der Waals surface area contributed by atoms with Gasteiger partial charge in [-0.1, -0.05) is 12.5 Å². The van der Waals surface area contributed by atoms with E-state index in [2.05, 4.69) is 0 Å². The molecule has 22 heavy (non-hydrogen) atoms. The molecule has 1 amide bonds. The molecule has 1 aliphatic carbocycles. The van der Waals surface area contributed by atoms with E-state index in [9.17, 15) is 4.79 Å². The van der Waals surface area contributed by atoms with E-state index in [1.54, 1.807) is 7.11 Å². The molecule has 4 nitrogen and oxygen atoms in total. The lowest BCUT2D eigenvalue weighted by Crippen LogP contribution is -2.30. The number of ether oxygens (including phenoxy) is 2. The van der Waals surface area contributed by atoms with E-state index in [0.717, 1.165) is 36.2 Å². The molecule has 0 radical (unpaired) electrons. The smallest absolute Gasteiger partial charge is 0.226 e. The molecule has 2 aliphatic rings. The zero-order valence-corrected chi connectivity index (χ0v) is 13.5. The van der Waals surface area contributed by atoms with E-state index < -0.39 is 0 Å². The highest BCUT2D eigenvalue weighted by Gasteiger charge is 2.37. The Morgan fingerprint density at radius 2 is 1.95 bits per heavy atom. The van der Waals surface area contributed by atoms with Crippen LogP contribution in [0.2, 0.25) is 0 Å². The quantitative estimate of drug-likeness (QED) is 0.839. The molecule has 2 fully saturated rings. The molecule has 4 heteroatoms. The van der Waals surface area contributed by atoms with Crippen molar-refractivity contribution in [3.8, 4) is 11.5 Å². The minimum Gasteiger partial charge on any atom is -0.493 e. The van der Waals surface area contributed by atoms with Gasteiger partial charge < -0.3 is 14.4 Å². The van der Waals surface area contributed by atoms with Crippen LogP contribution >= 0.6 is 0 Å². The van der Waals surface area contributed by atoms with Crippen molar-refractivity contribution in [2.45, 2.75) is 32.6 Å². The number of amides is 1. The molecule has 2 unspecified atom stereocenters. The molecule has 1 saturated heterocycles. The lowest BCUT2D eigenvalue weighted by molar-refractivity contribution is -0.131. The lowest BCUT2D eigenvalue weighted by Gasteiger charge is -2.18. The van der Waals surface area contributed by atoms with Crippen molar-refractivity contribution in [2.24, 2.45) is 11.8 Å². The average molecular weight is 303 g/mol.